The van der Waals surface area contributed by atoms with Gasteiger partial charge in [0, 0.05) is 6.20 Å². The van der Waals surface area contributed by atoms with E-state index in [1.165, 1.54) is 0 Å². The number of nitrogens with zero attached hydrogens (tertiary/aromatic N) is 1. The molecule has 1 rings (SSSR count). The first kappa shape index (κ1) is 10.2. The van der Waals surface area contributed by atoms with E-state index in [9.17, 15) is 4.79 Å². The van der Waals surface area contributed by atoms with Crippen LogP contribution in [0.25, 0.3) is 0 Å². The van der Waals surface area contributed by atoms with Crippen molar-refractivity contribution in [2.75, 3.05) is 5.33 Å². The van der Waals surface area contributed by atoms with Crippen LogP contribution in [-0.4, -0.2) is 16.2 Å². The molecule has 0 saturated carbocycles. The highest BCUT2D eigenvalue weighted by molar-refractivity contribution is 9.09. The summed E-state index contributed by atoms with van der Waals surface area (Å²) >= 11 is 3.08. The molecule has 1 N–H and O–H groups in total. The molecule has 4 heteroatoms. The molecule has 1 aromatic heterocycles. The average molecular weight is 243 g/mol. The van der Waals surface area contributed by atoms with Crippen LogP contribution in [0.1, 0.15) is 18.7 Å². The highest BCUT2D eigenvalue weighted by Crippen LogP contribution is 2.07. The largest absolute Gasteiger partial charge is 0.347 e. The number of carbonyl (C=O) groups is 1. The van der Waals surface area contributed by atoms with Gasteiger partial charge in [-0.3, -0.25) is 9.78 Å². The van der Waals surface area contributed by atoms with Gasteiger partial charge >= 0.3 is 0 Å². The number of rotatable bonds is 3. The van der Waals surface area contributed by atoms with Gasteiger partial charge in [0.05, 0.1) is 17.1 Å². The van der Waals surface area contributed by atoms with Gasteiger partial charge in [-0.1, -0.05) is 22.0 Å². The molecule has 0 saturated heterocycles. The number of nitrogens with one attached hydrogen (secondary N) is 1. The monoisotopic (exact) mass is 242 g/mol. The Hall–Kier alpha value is -0.900. The van der Waals surface area contributed by atoms with Crippen molar-refractivity contribution in [2.24, 2.45) is 0 Å². The van der Waals surface area contributed by atoms with E-state index >= 15 is 0 Å². The quantitative estimate of drug-likeness (QED) is 0.820. The summed E-state index contributed by atoms with van der Waals surface area (Å²) in [6.07, 6.45) is 1.71. The molecule has 1 unspecified atom stereocenters. The van der Waals surface area contributed by atoms with E-state index in [0.717, 1.165) is 5.69 Å². The maximum Gasteiger partial charge on any atom is 0.231 e. The van der Waals surface area contributed by atoms with Gasteiger partial charge < -0.3 is 5.32 Å². The van der Waals surface area contributed by atoms with Crippen LogP contribution in [0.3, 0.4) is 0 Å². The van der Waals surface area contributed by atoms with E-state index in [1.54, 1.807) is 6.20 Å². The van der Waals surface area contributed by atoms with Crippen molar-refractivity contribution in [3.63, 3.8) is 0 Å². The molecule has 13 heavy (non-hydrogen) atoms. The lowest BCUT2D eigenvalue weighted by molar-refractivity contribution is -0.119. The summed E-state index contributed by atoms with van der Waals surface area (Å²) in [5, 5.41) is 3.12. The third kappa shape index (κ3) is 3.14. The lowest BCUT2D eigenvalue weighted by Gasteiger charge is -2.11. The second kappa shape index (κ2) is 4.97. The van der Waals surface area contributed by atoms with Crippen molar-refractivity contribution in [1.29, 1.82) is 0 Å². The second-order valence-corrected chi connectivity index (χ2v) is 3.24. The summed E-state index contributed by atoms with van der Waals surface area (Å²) in [6.45, 7) is 1.91. The van der Waals surface area contributed by atoms with Crippen LogP contribution in [0.2, 0.25) is 0 Å². The maximum atomic E-state index is 11.0. The molecule has 0 spiro atoms. The molecule has 1 atom stereocenters. The van der Waals surface area contributed by atoms with Crippen molar-refractivity contribution in [1.82, 2.24) is 10.3 Å². The zero-order chi connectivity index (χ0) is 9.68. The molecule has 0 bridgehead atoms. The fourth-order valence-corrected chi connectivity index (χ4v) is 1.15. The first-order chi connectivity index (χ1) is 6.24. The van der Waals surface area contributed by atoms with Gasteiger partial charge in [-0.2, -0.15) is 0 Å². The van der Waals surface area contributed by atoms with Gasteiger partial charge in [0.2, 0.25) is 5.91 Å². The molecule has 1 aromatic rings. The van der Waals surface area contributed by atoms with Crippen LogP contribution in [-0.2, 0) is 4.79 Å². The van der Waals surface area contributed by atoms with E-state index in [1.807, 2.05) is 25.1 Å². The topological polar surface area (TPSA) is 42.0 Å². The van der Waals surface area contributed by atoms with Crippen molar-refractivity contribution < 1.29 is 4.79 Å². The van der Waals surface area contributed by atoms with E-state index in [4.69, 9.17) is 0 Å². The Kier molecular flexibility index (Phi) is 3.89. The van der Waals surface area contributed by atoms with Gasteiger partial charge in [-0.15, -0.1) is 0 Å². The fraction of sp³-hybridized carbons (Fsp3) is 0.333. The van der Waals surface area contributed by atoms with Crippen LogP contribution in [0, 0.1) is 0 Å². The maximum absolute atomic E-state index is 11.0. The number of hydrogen-bond acceptors (Lipinski definition) is 2. The van der Waals surface area contributed by atoms with Crippen molar-refractivity contribution in [3.8, 4) is 0 Å². The fourth-order valence-electron chi connectivity index (χ4n) is 0.986. The normalized spacial score (nSPS) is 12.2. The second-order valence-electron chi connectivity index (χ2n) is 2.68. The SMILES string of the molecule is CC(NC(=O)CBr)c1ccccn1. The van der Waals surface area contributed by atoms with Gasteiger partial charge in [0.15, 0.2) is 0 Å². The molecule has 0 fully saturated rings. The predicted octanol–water partition coefficient (Wildman–Crippen LogP) is 1.65. The highest BCUT2D eigenvalue weighted by Gasteiger charge is 2.08. The number of hydrogen-bond donors (Lipinski definition) is 1. The third-order valence-electron chi connectivity index (χ3n) is 1.63. The summed E-state index contributed by atoms with van der Waals surface area (Å²) in [4.78, 5) is 15.1. The number of pyridine rings is 1. The first-order valence-corrected chi connectivity index (χ1v) is 5.12. The minimum absolute atomic E-state index is 0.0295. The highest BCUT2D eigenvalue weighted by atomic mass is 79.9. The Morgan fingerprint density at radius 1 is 1.69 bits per heavy atom. The lowest BCUT2D eigenvalue weighted by atomic mass is 10.2. The first-order valence-electron chi connectivity index (χ1n) is 4.00. The lowest BCUT2D eigenvalue weighted by Crippen LogP contribution is -2.27. The van der Waals surface area contributed by atoms with Gasteiger partial charge in [-0.05, 0) is 19.1 Å². The molecular formula is C9H11BrN2O. The Labute approximate surface area is 85.7 Å². The zero-order valence-electron chi connectivity index (χ0n) is 7.33. The molecule has 1 amide bonds. The average Bonchev–Trinajstić information content (AvgIpc) is 2.19. The number of carbonyl (C=O) groups excluding carboxylic acids is 1. The number of aromatic nitrogens is 1. The van der Waals surface area contributed by atoms with Gasteiger partial charge in [-0.25, -0.2) is 0 Å². The molecule has 0 aliphatic carbocycles. The Morgan fingerprint density at radius 3 is 3.00 bits per heavy atom. The molecule has 70 valence electrons. The Balaban J connectivity index is 2.59. The van der Waals surface area contributed by atoms with Gasteiger partial charge in [0.1, 0.15) is 0 Å². The molecule has 0 aliphatic rings. The summed E-state index contributed by atoms with van der Waals surface area (Å²) in [7, 11) is 0. The van der Waals surface area contributed by atoms with Crippen molar-refractivity contribution >= 4 is 21.8 Å². The van der Waals surface area contributed by atoms with Crippen molar-refractivity contribution in [3.05, 3.63) is 30.1 Å². The van der Waals surface area contributed by atoms with Crippen LogP contribution in [0.15, 0.2) is 24.4 Å². The van der Waals surface area contributed by atoms with Crippen LogP contribution < -0.4 is 5.32 Å². The zero-order valence-corrected chi connectivity index (χ0v) is 8.91. The van der Waals surface area contributed by atoms with Crippen molar-refractivity contribution in [2.45, 2.75) is 13.0 Å². The molecule has 0 aromatic carbocycles. The summed E-state index contributed by atoms with van der Waals surface area (Å²) in [5.74, 6) is -0.0295. The van der Waals surface area contributed by atoms with Crippen LogP contribution >= 0.6 is 15.9 Å². The predicted molar refractivity (Wildman–Crippen MR) is 54.6 cm³/mol. The van der Waals surface area contributed by atoms with E-state index in [2.05, 4.69) is 26.2 Å². The number of amides is 1. The summed E-state index contributed by atoms with van der Waals surface area (Å²) < 4.78 is 0. The molecular weight excluding hydrogens is 232 g/mol. The minimum Gasteiger partial charge on any atom is -0.347 e. The molecule has 1 heterocycles. The van der Waals surface area contributed by atoms with E-state index in [0.29, 0.717) is 5.33 Å². The minimum atomic E-state index is -0.0359. The standard InChI is InChI=1S/C9H11BrN2O/c1-7(12-9(13)6-10)8-4-2-3-5-11-8/h2-5,7H,6H2,1H3,(H,12,13). The summed E-state index contributed by atoms with van der Waals surface area (Å²) in [5.41, 5.74) is 0.872. The molecule has 0 radical (unpaired) electrons. The van der Waals surface area contributed by atoms with Crippen LogP contribution in [0.4, 0.5) is 0 Å². The number of halogens is 1. The third-order valence-corrected chi connectivity index (χ3v) is 2.14. The van der Waals surface area contributed by atoms with Crippen LogP contribution in [0.5, 0.6) is 0 Å². The Bertz CT molecular complexity index is 276. The smallest absolute Gasteiger partial charge is 0.231 e. The number of alkyl halides is 1. The summed E-state index contributed by atoms with van der Waals surface area (Å²) in [6, 6.07) is 5.60. The molecule has 0 aliphatic heterocycles. The van der Waals surface area contributed by atoms with E-state index < -0.39 is 0 Å². The van der Waals surface area contributed by atoms with Gasteiger partial charge in [0.25, 0.3) is 0 Å². The Morgan fingerprint density at radius 2 is 2.46 bits per heavy atom. The van der Waals surface area contributed by atoms with E-state index in [-0.39, 0.29) is 11.9 Å². The molecule has 3 nitrogen and oxygen atoms in total.